The maximum Gasteiger partial charge on any atom is 0.319 e. The molecular weight excluding hydrogens is 320 g/mol. The number of rotatable bonds is 3. The minimum Gasteiger partial charge on any atom is -0.366 e. The summed E-state index contributed by atoms with van der Waals surface area (Å²) in [6, 6.07) is 2.72. The minimum atomic E-state index is -1.01. The predicted molar refractivity (Wildman–Crippen MR) is 84.5 cm³/mol. The van der Waals surface area contributed by atoms with Crippen LogP contribution >= 0.6 is 0 Å². The summed E-state index contributed by atoms with van der Waals surface area (Å²) in [7, 11) is 0. The van der Waals surface area contributed by atoms with E-state index in [1.807, 2.05) is 4.90 Å². The lowest BCUT2D eigenvalue weighted by Crippen LogP contribution is -2.46. The van der Waals surface area contributed by atoms with Crippen molar-refractivity contribution in [1.29, 1.82) is 0 Å². The van der Waals surface area contributed by atoms with Gasteiger partial charge < -0.3 is 21.3 Å². The number of piperidine rings is 1. The van der Waals surface area contributed by atoms with E-state index in [1.165, 1.54) is 6.07 Å². The number of aromatic nitrogens is 3. The molecule has 0 spiro atoms. The SMILES string of the molecule is Nc1n[nH]c(N2CCC(NC(=O)Nc3ccc(F)c(F)c3)CC2)n1. The number of halogens is 2. The van der Waals surface area contributed by atoms with Gasteiger partial charge in [-0.2, -0.15) is 4.98 Å². The lowest BCUT2D eigenvalue weighted by molar-refractivity contribution is 0.246. The van der Waals surface area contributed by atoms with Crippen LogP contribution < -0.4 is 21.3 Å². The van der Waals surface area contributed by atoms with Gasteiger partial charge in [0.2, 0.25) is 11.9 Å². The molecule has 1 fully saturated rings. The number of carbonyl (C=O) groups is 1. The molecule has 2 aromatic rings. The summed E-state index contributed by atoms with van der Waals surface area (Å²) in [6.45, 7) is 1.37. The molecule has 0 bridgehead atoms. The van der Waals surface area contributed by atoms with Gasteiger partial charge in [-0.3, -0.25) is 0 Å². The van der Waals surface area contributed by atoms with E-state index >= 15 is 0 Å². The molecule has 0 radical (unpaired) electrons. The van der Waals surface area contributed by atoms with E-state index in [4.69, 9.17) is 5.73 Å². The topological polar surface area (TPSA) is 112 Å². The standard InChI is InChI=1S/C14H17F2N7O/c15-10-2-1-9(7-11(10)16)19-14(24)18-8-3-5-23(6-4-8)13-20-12(17)21-22-13/h1-2,7-8H,3-6H2,(H2,18,19,24)(H3,17,20,21,22). The quantitative estimate of drug-likeness (QED) is 0.677. The van der Waals surface area contributed by atoms with Crippen LogP contribution in [-0.4, -0.2) is 40.3 Å². The Morgan fingerprint density at radius 1 is 1.29 bits per heavy atom. The van der Waals surface area contributed by atoms with Crippen LogP contribution in [0.4, 0.5) is 31.2 Å². The second-order valence-electron chi connectivity index (χ2n) is 5.51. The van der Waals surface area contributed by atoms with Crippen molar-refractivity contribution >= 4 is 23.6 Å². The summed E-state index contributed by atoms with van der Waals surface area (Å²) in [5.41, 5.74) is 5.67. The van der Waals surface area contributed by atoms with Crippen LogP contribution in [0.5, 0.6) is 0 Å². The number of carbonyl (C=O) groups excluding carboxylic acids is 1. The van der Waals surface area contributed by atoms with E-state index < -0.39 is 17.7 Å². The van der Waals surface area contributed by atoms with Gasteiger partial charge in [0.25, 0.3) is 0 Å². The maximum absolute atomic E-state index is 13.1. The van der Waals surface area contributed by atoms with E-state index in [9.17, 15) is 13.6 Å². The first kappa shape index (κ1) is 16.0. The minimum absolute atomic E-state index is 0.0215. The number of hydrogen-bond acceptors (Lipinski definition) is 5. The lowest BCUT2D eigenvalue weighted by atomic mass is 10.1. The molecule has 5 N–H and O–H groups in total. The Morgan fingerprint density at radius 2 is 2.04 bits per heavy atom. The average molecular weight is 337 g/mol. The molecule has 3 rings (SSSR count). The summed E-state index contributed by atoms with van der Waals surface area (Å²) in [4.78, 5) is 18.0. The van der Waals surface area contributed by atoms with Gasteiger partial charge in [-0.1, -0.05) is 0 Å². The number of nitrogen functional groups attached to an aromatic ring is 1. The monoisotopic (exact) mass is 337 g/mol. The summed E-state index contributed by atoms with van der Waals surface area (Å²) in [6.07, 6.45) is 1.43. The fourth-order valence-electron chi connectivity index (χ4n) is 2.57. The molecule has 128 valence electrons. The number of nitrogens with zero attached hydrogens (tertiary/aromatic N) is 3. The molecular formula is C14H17F2N7O. The highest BCUT2D eigenvalue weighted by Crippen LogP contribution is 2.17. The van der Waals surface area contributed by atoms with Crippen LogP contribution in [0.15, 0.2) is 18.2 Å². The summed E-state index contributed by atoms with van der Waals surface area (Å²) >= 11 is 0. The van der Waals surface area contributed by atoms with Gasteiger partial charge >= 0.3 is 6.03 Å². The lowest BCUT2D eigenvalue weighted by Gasteiger charge is -2.31. The highest BCUT2D eigenvalue weighted by Gasteiger charge is 2.22. The highest BCUT2D eigenvalue weighted by molar-refractivity contribution is 5.89. The molecule has 1 aromatic heterocycles. The molecule has 8 nitrogen and oxygen atoms in total. The number of hydrogen-bond donors (Lipinski definition) is 4. The molecule has 1 aliphatic heterocycles. The van der Waals surface area contributed by atoms with Crippen LogP contribution in [0, 0.1) is 11.6 Å². The predicted octanol–water partition coefficient (Wildman–Crippen LogP) is 1.46. The van der Waals surface area contributed by atoms with E-state index in [-0.39, 0.29) is 17.7 Å². The molecule has 1 aromatic carbocycles. The van der Waals surface area contributed by atoms with Gasteiger partial charge in [0, 0.05) is 30.9 Å². The second kappa shape index (κ2) is 6.69. The number of nitrogens with two attached hydrogens (primary N) is 1. The van der Waals surface area contributed by atoms with Crippen molar-refractivity contribution < 1.29 is 13.6 Å². The number of urea groups is 1. The van der Waals surface area contributed by atoms with Crippen LogP contribution in [0.3, 0.4) is 0 Å². The molecule has 2 amide bonds. The van der Waals surface area contributed by atoms with Gasteiger partial charge in [0.15, 0.2) is 11.6 Å². The fourth-order valence-corrected chi connectivity index (χ4v) is 2.57. The highest BCUT2D eigenvalue weighted by atomic mass is 19.2. The number of benzene rings is 1. The van der Waals surface area contributed by atoms with Crippen molar-refractivity contribution in [3.05, 3.63) is 29.8 Å². The van der Waals surface area contributed by atoms with E-state index in [2.05, 4.69) is 25.8 Å². The molecule has 1 aliphatic rings. The third kappa shape index (κ3) is 3.70. The zero-order valence-corrected chi connectivity index (χ0v) is 12.7. The van der Waals surface area contributed by atoms with Gasteiger partial charge in [0.1, 0.15) is 0 Å². The van der Waals surface area contributed by atoms with Crippen LogP contribution in [0.2, 0.25) is 0 Å². The zero-order valence-electron chi connectivity index (χ0n) is 12.7. The first-order valence-corrected chi connectivity index (χ1v) is 7.46. The van der Waals surface area contributed by atoms with E-state index in [0.29, 0.717) is 31.9 Å². The molecule has 0 aliphatic carbocycles. The number of H-pyrrole nitrogens is 1. The van der Waals surface area contributed by atoms with Crippen molar-refractivity contribution in [3.63, 3.8) is 0 Å². The molecule has 1 saturated heterocycles. The van der Waals surface area contributed by atoms with Gasteiger partial charge in [-0.25, -0.2) is 18.7 Å². The Kier molecular flexibility index (Phi) is 4.45. The molecule has 0 atom stereocenters. The van der Waals surface area contributed by atoms with Crippen molar-refractivity contribution in [2.45, 2.75) is 18.9 Å². The fraction of sp³-hybridized carbons (Fsp3) is 0.357. The molecule has 10 heteroatoms. The third-order valence-corrected chi connectivity index (χ3v) is 3.80. The Balaban J connectivity index is 1.48. The number of anilines is 3. The van der Waals surface area contributed by atoms with Crippen molar-refractivity contribution in [2.75, 3.05) is 29.0 Å². The van der Waals surface area contributed by atoms with Crippen molar-refractivity contribution in [1.82, 2.24) is 20.5 Å². The molecule has 24 heavy (non-hydrogen) atoms. The summed E-state index contributed by atoms with van der Waals surface area (Å²) in [5.74, 6) is -1.16. The number of nitrogens with one attached hydrogen (secondary N) is 3. The normalized spacial score (nSPS) is 15.3. The Labute approximate surface area is 136 Å². The Hall–Kier alpha value is -2.91. The summed E-state index contributed by atoms with van der Waals surface area (Å²) < 4.78 is 26.0. The van der Waals surface area contributed by atoms with Gasteiger partial charge in [0.05, 0.1) is 0 Å². The van der Waals surface area contributed by atoms with Crippen LogP contribution in [-0.2, 0) is 0 Å². The Morgan fingerprint density at radius 3 is 2.67 bits per heavy atom. The van der Waals surface area contributed by atoms with E-state index in [0.717, 1.165) is 12.1 Å². The average Bonchev–Trinajstić information content (AvgIpc) is 2.98. The number of amides is 2. The third-order valence-electron chi connectivity index (χ3n) is 3.80. The second-order valence-corrected chi connectivity index (χ2v) is 5.51. The van der Waals surface area contributed by atoms with Gasteiger partial charge in [-0.05, 0) is 25.0 Å². The molecule has 2 heterocycles. The van der Waals surface area contributed by atoms with E-state index in [1.54, 1.807) is 0 Å². The Bertz CT molecular complexity index is 728. The van der Waals surface area contributed by atoms with Crippen molar-refractivity contribution in [3.8, 4) is 0 Å². The smallest absolute Gasteiger partial charge is 0.319 e. The molecule has 0 unspecified atom stereocenters. The summed E-state index contributed by atoms with van der Waals surface area (Å²) in [5, 5.41) is 11.8. The first-order valence-electron chi connectivity index (χ1n) is 7.46. The zero-order chi connectivity index (χ0) is 17.1. The largest absolute Gasteiger partial charge is 0.366 e. The number of aromatic amines is 1. The molecule has 0 saturated carbocycles. The maximum atomic E-state index is 13.1. The van der Waals surface area contributed by atoms with Crippen LogP contribution in [0.25, 0.3) is 0 Å². The first-order chi connectivity index (χ1) is 11.5. The van der Waals surface area contributed by atoms with Gasteiger partial charge in [-0.15, -0.1) is 5.10 Å². The van der Waals surface area contributed by atoms with Crippen LogP contribution in [0.1, 0.15) is 12.8 Å². The van der Waals surface area contributed by atoms with Crippen molar-refractivity contribution in [2.24, 2.45) is 0 Å².